The smallest absolute Gasteiger partial charge is 0.188 e. The number of hydrogen-bond donors (Lipinski definition) is 2. The number of H-pyrrole nitrogens is 1. The maximum absolute atomic E-state index is 15.5. The zero-order chi connectivity index (χ0) is 23.8. The molecule has 0 amide bonds. The first kappa shape index (κ1) is 22.3. The van der Waals surface area contributed by atoms with E-state index < -0.39 is 5.82 Å². The quantitative estimate of drug-likeness (QED) is 0.451. The lowest BCUT2D eigenvalue weighted by Gasteiger charge is -2.27. The third-order valence-corrected chi connectivity index (χ3v) is 6.55. The van der Waals surface area contributed by atoms with Crippen molar-refractivity contribution in [1.82, 2.24) is 20.1 Å². The molecule has 176 valence electrons. The molecule has 5 rings (SSSR count). The van der Waals surface area contributed by atoms with Crippen LogP contribution in [0.3, 0.4) is 0 Å². The largest absolute Gasteiger partial charge is 0.494 e. The number of benzene rings is 2. The van der Waals surface area contributed by atoms with E-state index in [0.29, 0.717) is 23.8 Å². The minimum atomic E-state index is -0.436. The number of nitrogens with one attached hydrogen (secondary N) is 1. The number of pyridine rings is 1. The number of nitrogens with zero attached hydrogens (tertiary/aromatic N) is 4. The van der Waals surface area contributed by atoms with E-state index in [-0.39, 0.29) is 12.4 Å². The Morgan fingerprint density at radius 2 is 1.97 bits per heavy atom. The van der Waals surface area contributed by atoms with Gasteiger partial charge in [0.2, 0.25) is 0 Å². The number of aliphatic hydroxyl groups is 1. The molecule has 0 atom stereocenters. The van der Waals surface area contributed by atoms with Crippen LogP contribution in [-0.4, -0.2) is 51.4 Å². The van der Waals surface area contributed by atoms with E-state index in [9.17, 15) is 5.11 Å². The standard InChI is InChI=1S/C26H28FN5O2/c1-16(2)31-6-7-32(24-8-17(15-33)9-25(34-3)26(24)27)23-5-4-22-20(21(23)14-31)10-18(11-28-22)19-12-29-30-13-19/h4-5,8-13,16,33H,6-7,14-15H2,1-3H3,(H,29,30). The molecule has 1 aliphatic heterocycles. The number of methoxy groups -OCH3 is 1. The van der Waals surface area contributed by atoms with Crippen molar-refractivity contribution in [1.29, 1.82) is 0 Å². The Balaban J connectivity index is 1.74. The van der Waals surface area contributed by atoms with Gasteiger partial charge >= 0.3 is 0 Å². The molecule has 1 aliphatic rings. The van der Waals surface area contributed by atoms with Gasteiger partial charge in [0.05, 0.1) is 31.1 Å². The molecule has 4 aromatic rings. The van der Waals surface area contributed by atoms with Gasteiger partial charge in [-0.1, -0.05) is 0 Å². The SMILES string of the molecule is COc1cc(CO)cc(N2CCN(C(C)C)Cc3c2ccc2ncc(-c4cn[nH]c4)cc32)c1F. The van der Waals surface area contributed by atoms with Gasteiger partial charge in [0, 0.05) is 60.3 Å². The van der Waals surface area contributed by atoms with Crippen LogP contribution >= 0.6 is 0 Å². The van der Waals surface area contributed by atoms with Crippen molar-refractivity contribution in [2.24, 2.45) is 0 Å². The normalized spacial score (nSPS) is 14.5. The predicted octanol–water partition coefficient (Wildman–Crippen LogP) is 4.63. The molecule has 0 bridgehead atoms. The molecule has 3 heterocycles. The second-order valence-electron chi connectivity index (χ2n) is 8.85. The van der Waals surface area contributed by atoms with Crippen molar-refractivity contribution >= 4 is 22.3 Å². The molecule has 2 N–H and O–H groups in total. The third-order valence-electron chi connectivity index (χ3n) is 6.55. The summed E-state index contributed by atoms with van der Waals surface area (Å²) in [5.41, 5.74) is 5.84. The molecule has 2 aromatic carbocycles. The van der Waals surface area contributed by atoms with Crippen LogP contribution in [0, 0.1) is 5.82 Å². The summed E-state index contributed by atoms with van der Waals surface area (Å²) < 4.78 is 20.8. The summed E-state index contributed by atoms with van der Waals surface area (Å²) in [5.74, 6) is -0.313. The lowest BCUT2D eigenvalue weighted by molar-refractivity contribution is 0.224. The topological polar surface area (TPSA) is 77.5 Å². The maximum Gasteiger partial charge on any atom is 0.188 e. The average Bonchev–Trinajstić information content (AvgIpc) is 3.31. The average molecular weight is 462 g/mol. The van der Waals surface area contributed by atoms with Crippen LogP contribution in [0.15, 0.2) is 48.9 Å². The van der Waals surface area contributed by atoms with E-state index in [1.165, 1.54) is 7.11 Å². The van der Waals surface area contributed by atoms with Crippen molar-refractivity contribution in [2.45, 2.75) is 33.0 Å². The van der Waals surface area contributed by atoms with E-state index in [4.69, 9.17) is 9.72 Å². The zero-order valence-corrected chi connectivity index (χ0v) is 19.5. The molecule has 0 radical (unpaired) electrons. The molecule has 7 nitrogen and oxygen atoms in total. The van der Waals surface area contributed by atoms with Gasteiger partial charge in [-0.3, -0.25) is 15.0 Å². The molecule has 34 heavy (non-hydrogen) atoms. The van der Waals surface area contributed by atoms with Gasteiger partial charge in [-0.15, -0.1) is 0 Å². The van der Waals surface area contributed by atoms with E-state index in [1.54, 1.807) is 18.3 Å². The Morgan fingerprint density at radius 1 is 1.12 bits per heavy atom. The van der Waals surface area contributed by atoms with Gasteiger partial charge < -0.3 is 14.7 Å². The fourth-order valence-electron chi connectivity index (χ4n) is 4.63. The summed E-state index contributed by atoms with van der Waals surface area (Å²) >= 11 is 0. The molecule has 0 aliphatic carbocycles. The summed E-state index contributed by atoms with van der Waals surface area (Å²) in [6.07, 6.45) is 5.47. The summed E-state index contributed by atoms with van der Waals surface area (Å²) in [6, 6.07) is 9.70. The highest BCUT2D eigenvalue weighted by molar-refractivity contribution is 5.92. The Labute approximate surface area is 197 Å². The van der Waals surface area contributed by atoms with Crippen molar-refractivity contribution < 1.29 is 14.2 Å². The number of rotatable bonds is 5. The number of aromatic nitrogens is 3. The van der Waals surface area contributed by atoms with Crippen molar-refractivity contribution in [2.75, 3.05) is 25.1 Å². The Hall–Kier alpha value is -3.49. The van der Waals surface area contributed by atoms with Crippen LogP contribution in [0.5, 0.6) is 5.75 Å². The molecule has 0 spiro atoms. The lowest BCUT2D eigenvalue weighted by Crippen LogP contribution is -2.34. The van der Waals surface area contributed by atoms with E-state index in [2.05, 4.69) is 35.0 Å². The number of halogens is 1. The van der Waals surface area contributed by atoms with Gasteiger partial charge in [0.25, 0.3) is 0 Å². The minimum absolute atomic E-state index is 0.123. The van der Waals surface area contributed by atoms with Crippen molar-refractivity contribution in [3.05, 3.63) is 65.9 Å². The van der Waals surface area contributed by atoms with E-state index in [1.807, 2.05) is 29.4 Å². The summed E-state index contributed by atoms with van der Waals surface area (Å²) in [6.45, 7) is 6.22. The van der Waals surface area contributed by atoms with Gasteiger partial charge in [0.15, 0.2) is 11.6 Å². The molecule has 0 saturated heterocycles. The van der Waals surface area contributed by atoms with E-state index in [0.717, 1.165) is 46.4 Å². The Bertz CT molecular complexity index is 1320. The third kappa shape index (κ3) is 3.89. The maximum atomic E-state index is 15.5. The number of fused-ring (bicyclic) bond motifs is 3. The Kier molecular flexibility index (Phi) is 5.93. The highest BCUT2D eigenvalue weighted by atomic mass is 19.1. The second kappa shape index (κ2) is 9.04. The molecule has 0 unspecified atom stereocenters. The van der Waals surface area contributed by atoms with Crippen LogP contribution in [0.4, 0.5) is 15.8 Å². The van der Waals surface area contributed by atoms with Crippen LogP contribution < -0.4 is 9.64 Å². The van der Waals surface area contributed by atoms with Crippen LogP contribution in [-0.2, 0) is 13.2 Å². The predicted molar refractivity (Wildman–Crippen MR) is 131 cm³/mol. The first-order chi connectivity index (χ1) is 16.5. The summed E-state index contributed by atoms with van der Waals surface area (Å²) in [5, 5.41) is 17.7. The molecule has 0 saturated carbocycles. The van der Waals surface area contributed by atoms with Crippen molar-refractivity contribution in [3.8, 4) is 16.9 Å². The number of aromatic amines is 1. The van der Waals surface area contributed by atoms with Gasteiger partial charge in [-0.05, 0) is 55.3 Å². The lowest BCUT2D eigenvalue weighted by atomic mass is 10.0. The fraction of sp³-hybridized carbons (Fsp3) is 0.308. The Morgan fingerprint density at radius 3 is 2.68 bits per heavy atom. The molecule has 0 fully saturated rings. The minimum Gasteiger partial charge on any atom is -0.494 e. The van der Waals surface area contributed by atoms with Crippen LogP contribution in [0.2, 0.25) is 0 Å². The molecular formula is C26H28FN5O2. The highest BCUT2D eigenvalue weighted by Gasteiger charge is 2.27. The fourth-order valence-corrected chi connectivity index (χ4v) is 4.63. The number of hydrogen-bond acceptors (Lipinski definition) is 6. The summed E-state index contributed by atoms with van der Waals surface area (Å²) in [7, 11) is 1.44. The van der Waals surface area contributed by atoms with Gasteiger partial charge in [0.1, 0.15) is 0 Å². The van der Waals surface area contributed by atoms with Crippen molar-refractivity contribution in [3.63, 3.8) is 0 Å². The first-order valence-electron chi connectivity index (χ1n) is 11.4. The number of ether oxygens (including phenoxy) is 1. The second-order valence-corrected chi connectivity index (χ2v) is 8.85. The number of aliphatic hydroxyl groups excluding tert-OH is 1. The molecular weight excluding hydrogens is 433 g/mol. The molecule has 2 aromatic heterocycles. The zero-order valence-electron chi connectivity index (χ0n) is 19.5. The van der Waals surface area contributed by atoms with Crippen LogP contribution in [0.25, 0.3) is 22.0 Å². The van der Waals surface area contributed by atoms with E-state index >= 15 is 4.39 Å². The van der Waals surface area contributed by atoms with Crippen LogP contribution in [0.1, 0.15) is 25.0 Å². The first-order valence-corrected chi connectivity index (χ1v) is 11.4. The number of anilines is 2. The van der Waals surface area contributed by atoms with Gasteiger partial charge in [-0.2, -0.15) is 5.10 Å². The highest BCUT2D eigenvalue weighted by Crippen LogP contribution is 2.40. The van der Waals surface area contributed by atoms with Gasteiger partial charge in [-0.25, -0.2) is 4.39 Å². The molecule has 8 heteroatoms. The monoisotopic (exact) mass is 461 g/mol. The summed E-state index contributed by atoms with van der Waals surface area (Å²) in [4.78, 5) is 9.09.